The van der Waals surface area contributed by atoms with E-state index in [-0.39, 0.29) is 17.5 Å². The third-order valence-corrected chi connectivity index (χ3v) is 6.03. The molecule has 0 aliphatic carbocycles. The van der Waals surface area contributed by atoms with E-state index in [4.69, 9.17) is 9.72 Å². The van der Waals surface area contributed by atoms with Gasteiger partial charge in [0.25, 0.3) is 5.56 Å². The van der Waals surface area contributed by atoms with Gasteiger partial charge in [0.1, 0.15) is 5.82 Å². The van der Waals surface area contributed by atoms with Gasteiger partial charge in [-0.3, -0.25) is 14.2 Å². The summed E-state index contributed by atoms with van der Waals surface area (Å²) in [4.78, 5) is 33.0. The summed E-state index contributed by atoms with van der Waals surface area (Å²) in [7, 11) is 1.64. The van der Waals surface area contributed by atoms with E-state index in [0.29, 0.717) is 42.8 Å². The van der Waals surface area contributed by atoms with E-state index in [2.05, 4.69) is 6.92 Å². The van der Waals surface area contributed by atoms with Crippen LogP contribution in [-0.4, -0.2) is 40.6 Å². The Kier molecular flexibility index (Phi) is 11.4. The molecule has 1 atom stereocenters. The largest absolute Gasteiger partial charge is 0.383 e. The number of ether oxygens (including phenoxy) is 1. The van der Waals surface area contributed by atoms with E-state index in [1.807, 2.05) is 43.0 Å². The van der Waals surface area contributed by atoms with Crippen LogP contribution in [0.5, 0.6) is 0 Å². The second-order valence-corrected chi connectivity index (χ2v) is 8.57. The van der Waals surface area contributed by atoms with Crippen molar-refractivity contribution in [1.82, 2.24) is 14.5 Å². The van der Waals surface area contributed by atoms with Crippen LogP contribution in [0.1, 0.15) is 90.4 Å². The number of amides is 1. The zero-order valence-electron chi connectivity index (χ0n) is 20.4. The number of carbonyl (C=O) groups excluding carboxylic acids is 1. The highest BCUT2D eigenvalue weighted by Gasteiger charge is 2.25. The molecule has 0 fully saturated rings. The standard InChI is InChI=1S/C26H41N3O3/c1-5-7-8-9-10-11-12-17-24(30)28(19-20-32-4)21(3)25-27-23-16-14-13-15-22(23)26(31)29(25)18-6-2/h13-16,21H,5-12,17-20H2,1-4H3. The van der Waals surface area contributed by atoms with Gasteiger partial charge in [0.2, 0.25) is 5.91 Å². The molecular formula is C26H41N3O3. The molecule has 2 aromatic rings. The Balaban J connectivity index is 2.20. The number of nitrogens with zero attached hydrogens (tertiary/aromatic N) is 3. The van der Waals surface area contributed by atoms with Crippen LogP contribution < -0.4 is 5.56 Å². The summed E-state index contributed by atoms with van der Waals surface area (Å²) in [5.74, 6) is 0.758. The smallest absolute Gasteiger partial charge is 0.261 e. The number of hydrogen-bond acceptors (Lipinski definition) is 4. The van der Waals surface area contributed by atoms with Crippen molar-refractivity contribution in [3.63, 3.8) is 0 Å². The minimum absolute atomic E-state index is 0.0366. The highest BCUT2D eigenvalue weighted by atomic mass is 16.5. The Morgan fingerprint density at radius 1 is 1.06 bits per heavy atom. The Morgan fingerprint density at radius 3 is 2.44 bits per heavy atom. The molecule has 0 aliphatic rings. The predicted octanol–water partition coefficient (Wildman–Crippen LogP) is 5.48. The van der Waals surface area contributed by atoms with E-state index in [1.54, 1.807) is 11.7 Å². The van der Waals surface area contributed by atoms with Gasteiger partial charge in [-0.25, -0.2) is 4.98 Å². The lowest BCUT2D eigenvalue weighted by atomic mass is 10.1. The normalized spacial score (nSPS) is 12.2. The molecule has 1 unspecified atom stereocenters. The molecule has 0 spiro atoms. The van der Waals surface area contributed by atoms with Gasteiger partial charge < -0.3 is 9.64 Å². The highest BCUT2D eigenvalue weighted by molar-refractivity contribution is 5.78. The lowest BCUT2D eigenvalue weighted by molar-refractivity contribution is -0.134. The second kappa shape index (κ2) is 14.0. The first-order valence-corrected chi connectivity index (χ1v) is 12.3. The van der Waals surface area contributed by atoms with Gasteiger partial charge in [0.15, 0.2) is 0 Å². The quantitative estimate of drug-likeness (QED) is 0.342. The summed E-state index contributed by atoms with van der Waals surface area (Å²) in [6.07, 6.45) is 9.57. The molecule has 6 heteroatoms. The molecule has 0 radical (unpaired) electrons. The third-order valence-electron chi connectivity index (χ3n) is 6.03. The van der Waals surface area contributed by atoms with Gasteiger partial charge in [-0.1, -0.05) is 64.5 Å². The van der Waals surface area contributed by atoms with Gasteiger partial charge in [-0.2, -0.15) is 0 Å². The van der Waals surface area contributed by atoms with Crippen LogP contribution in [0.4, 0.5) is 0 Å². The number of unbranched alkanes of at least 4 members (excludes halogenated alkanes) is 6. The molecule has 0 aliphatic heterocycles. The second-order valence-electron chi connectivity index (χ2n) is 8.57. The maximum atomic E-state index is 13.2. The molecule has 6 nitrogen and oxygen atoms in total. The van der Waals surface area contributed by atoms with E-state index in [0.717, 1.165) is 19.3 Å². The summed E-state index contributed by atoms with van der Waals surface area (Å²) < 4.78 is 7.02. The van der Waals surface area contributed by atoms with Crippen molar-refractivity contribution in [2.45, 2.75) is 91.1 Å². The van der Waals surface area contributed by atoms with Crippen LogP contribution in [0.3, 0.4) is 0 Å². The molecular weight excluding hydrogens is 402 g/mol. The first kappa shape index (κ1) is 26.0. The van der Waals surface area contributed by atoms with Gasteiger partial charge in [0.05, 0.1) is 23.6 Å². The minimum Gasteiger partial charge on any atom is -0.383 e. The maximum absolute atomic E-state index is 13.2. The summed E-state index contributed by atoms with van der Waals surface area (Å²) >= 11 is 0. The van der Waals surface area contributed by atoms with Crippen LogP contribution in [-0.2, 0) is 16.1 Å². The number of hydrogen-bond donors (Lipinski definition) is 0. The van der Waals surface area contributed by atoms with Gasteiger partial charge >= 0.3 is 0 Å². The molecule has 0 bridgehead atoms. The molecule has 178 valence electrons. The van der Waals surface area contributed by atoms with Crippen molar-refractivity contribution in [3.05, 3.63) is 40.4 Å². The number of benzene rings is 1. The van der Waals surface area contributed by atoms with Crippen LogP contribution in [0, 0.1) is 0 Å². The van der Waals surface area contributed by atoms with Gasteiger partial charge in [-0.05, 0) is 31.9 Å². The topological polar surface area (TPSA) is 64.4 Å². The molecule has 32 heavy (non-hydrogen) atoms. The predicted molar refractivity (Wildman–Crippen MR) is 131 cm³/mol. The van der Waals surface area contributed by atoms with Crippen molar-refractivity contribution in [2.75, 3.05) is 20.3 Å². The zero-order valence-corrected chi connectivity index (χ0v) is 20.4. The number of para-hydroxylation sites is 1. The molecule has 1 heterocycles. The molecule has 0 saturated heterocycles. The highest BCUT2D eigenvalue weighted by Crippen LogP contribution is 2.22. The molecule has 0 saturated carbocycles. The summed E-state index contributed by atoms with van der Waals surface area (Å²) in [5, 5.41) is 0.620. The van der Waals surface area contributed by atoms with Crippen molar-refractivity contribution in [2.24, 2.45) is 0 Å². The number of carbonyl (C=O) groups is 1. The fourth-order valence-electron chi connectivity index (χ4n) is 4.18. The van der Waals surface area contributed by atoms with E-state index in [1.165, 1.54) is 32.1 Å². The number of methoxy groups -OCH3 is 1. The Morgan fingerprint density at radius 2 is 1.75 bits per heavy atom. The van der Waals surface area contributed by atoms with E-state index in [9.17, 15) is 9.59 Å². The summed E-state index contributed by atoms with van der Waals surface area (Å²) in [5.41, 5.74) is 0.642. The average molecular weight is 444 g/mol. The first-order valence-electron chi connectivity index (χ1n) is 12.3. The van der Waals surface area contributed by atoms with Gasteiger partial charge in [0, 0.05) is 26.6 Å². The number of aromatic nitrogens is 2. The molecule has 1 aromatic heterocycles. The monoisotopic (exact) mass is 443 g/mol. The summed E-state index contributed by atoms with van der Waals surface area (Å²) in [6, 6.07) is 7.14. The van der Waals surface area contributed by atoms with Crippen molar-refractivity contribution < 1.29 is 9.53 Å². The van der Waals surface area contributed by atoms with Crippen molar-refractivity contribution in [1.29, 1.82) is 0 Å². The van der Waals surface area contributed by atoms with E-state index >= 15 is 0 Å². The maximum Gasteiger partial charge on any atom is 0.261 e. The lowest BCUT2D eigenvalue weighted by Crippen LogP contribution is -2.39. The SMILES string of the molecule is CCCCCCCCCC(=O)N(CCOC)C(C)c1nc2ccccc2c(=O)n1CCC. The Labute approximate surface area is 193 Å². The van der Waals surface area contributed by atoms with Crippen molar-refractivity contribution >= 4 is 16.8 Å². The molecule has 1 aromatic carbocycles. The molecule has 0 N–H and O–H groups in total. The first-order chi connectivity index (χ1) is 15.5. The number of fused-ring (bicyclic) bond motifs is 1. The van der Waals surface area contributed by atoms with Crippen LogP contribution >= 0.6 is 0 Å². The minimum atomic E-state index is -0.300. The summed E-state index contributed by atoms with van der Waals surface area (Å²) in [6.45, 7) is 7.77. The van der Waals surface area contributed by atoms with Gasteiger partial charge in [-0.15, -0.1) is 0 Å². The molecule has 1 amide bonds. The number of rotatable bonds is 15. The Bertz CT molecular complexity index is 894. The van der Waals surface area contributed by atoms with Crippen LogP contribution in [0.2, 0.25) is 0 Å². The zero-order chi connectivity index (χ0) is 23.3. The van der Waals surface area contributed by atoms with Crippen molar-refractivity contribution in [3.8, 4) is 0 Å². The van der Waals surface area contributed by atoms with E-state index < -0.39 is 0 Å². The van der Waals surface area contributed by atoms with Crippen LogP contribution in [0.25, 0.3) is 10.9 Å². The fourth-order valence-corrected chi connectivity index (χ4v) is 4.18. The average Bonchev–Trinajstić information content (AvgIpc) is 2.80. The fraction of sp³-hybridized carbons (Fsp3) is 0.654. The molecule has 2 rings (SSSR count). The third kappa shape index (κ3) is 7.16. The lowest BCUT2D eigenvalue weighted by Gasteiger charge is -2.30. The van der Waals surface area contributed by atoms with Crippen LogP contribution in [0.15, 0.2) is 29.1 Å². The Hall–Kier alpha value is -2.21.